The lowest BCUT2D eigenvalue weighted by atomic mass is 9.80. The van der Waals surface area contributed by atoms with Gasteiger partial charge in [0.05, 0.1) is 11.3 Å². The third-order valence-electron chi connectivity index (χ3n) is 4.86. The summed E-state index contributed by atoms with van der Waals surface area (Å²) in [7, 11) is 1.66. The minimum absolute atomic E-state index is 0.314. The van der Waals surface area contributed by atoms with E-state index in [1.54, 1.807) is 13.1 Å². The van der Waals surface area contributed by atoms with E-state index in [2.05, 4.69) is 25.7 Å². The Morgan fingerprint density at radius 1 is 1.19 bits per heavy atom. The summed E-state index contributed by atoms with van der Waals surface area (Å²) in [6.07, 6.45) is 1.19. The van der Waals surface area contributed by atoms with Crippen LogP contribution in [0.3, 0.4) is 0 Å². The van der Waals surface area contributed by atoms with Gasteiger partial charge in [0.15, 0.2) is 0 Å². The van der Waals surface area contributed by atoms with E-state index < -0.39 is 11.7 Å². The predicted octanol–water partition coefficient (Wildman–Crippen LogP) is 2.72. The highest BCUT2D eigenvalue weighted by Crippen LogP contribution is 2.38. The van der Waals surface area contributed by atoms with E-state index in [-0.39, 0.29) is 0 Å². The minimum Gasteiger partial charge on any atom is -0.371 e. The molecule has 1 aromatic rings. The molecule has 0 N–H and O–H groups in total. The number of amides is 1. The van der Waals surface area contributed by atoms with Crippen LogP contribution in [-0.2, 0) is 4.79 Å². The first kappa shape index (κ1) is 14.1. The SMILES string of the molecule is CN1C(=O)C(=O)c2ccc(N3CCC(C(C)(C)C)C3)cc21. The molecule has 0 spiro atoms. The Hall–Kier alpha value is -1.84. The van der Waals surface area contributed by atoms with Crippen LogP contribution in [0.5, 0.6) is 0 Å². The lowest BCUT2D eigenvalue weighted by Gasteiger charge is -2.27. The number of carbonyl (C=O) groups is 2. The molecule has 1 amide bonds. The van der Waals surface area contributed by atoms with Crippen molar-refractivity contribution in [2.24, 2.45) is 11.3 Å². The summed E-state index contributed by atoms with van der Waals surface area (Å²) in [5, 5.41) is 0. The molecule has 0 saturated carbocycles. The lowest BCUT2D eigenvalue weighted by molar-refractivity contribution is -0.114. The molecule has 0 radical (unpaired) electrons. The van der Waals surface area contributed by atoms with Gasteiger partial charge >= 0.3 is 0 Å². The fraction of sp³-hybridized carbons (Fsp3) is 0.529. The third kappa shape index (κ3) is 2.23. The quantitative estimate of drug-likeness (QED) is 0.745. The molecule has 1 unspecified atom stereocenters. The average Bonchev–Trinajstić information content (AvgIpc) is 3.00. The number of Topliss-reactive ketones (excluding diaryl/α,β-unsaturated/α-hetero) is 1. The molecule has 4 heteroatoms. The van der Waals surface area contributed by atoms with Gasteiger partial charge in [0.2, 0.25) is 0 Å². The Bertz CT molecular complexity index is 616. The highest BCUT2D eigenvalue weighted by molar-refractivity contribution is 6.52. The van der Waals surface area contributed by atoms with E-state index in [0.29, 0.717) is 16.9 Å². The number of nitrogens with zero attached hydrogens (tertiary/aromatic N) is 2. The van der Waals surface area contributed by atoms with Crippen molar-refractivity contribution in [2.75, 3.05) is 29.9 Å². The topological polar surface area (TPSA) is 40.6 Å². The Labute approximate surface area is 125 Å². The molecule has 1 saturated heterocycles. The second-order valence-corrected chi connectivity index (χ2v) is 7.19. The Kier molecular flexibility index (Phi) is 3.08. The molecule has 1 aromatic carbocycles. The molecule has 0 bridgehead atoms. The Morgan fingerprint density at radius 3 is 2.52 bits per heavy atom. The van der Waals surface area contributed by atoms with Crippen LogP contribution in [0, 0.1) is 11.3 Å². The molecule has 2 heterocycles. The summed E-state index contributed by atoms with van der Waals surface area (Å²) in [6.45, 7) is 8.93. The zero-order valence-electron chi connectivity index (χ0n) is 13.1. The monoisotopic (exact) mass is 286 g/mol. The molecule has 21 heavy (non-hydrogen) atoms. The van der Waals surface area contributed by atoms with Crippen molar-refractivity contribution in [1.82, 2.24) is 0 Å². The predicted molar refractivity (Wildman–Crippen MR) is 84.0 cm³/mol. The molecule has 1 atom stereocenters. The van der Waals surface area contributed by atoms with Gasteiger partial charge in [-0.15, -0.1) is 0 Å². The van der Waals surface area contributed by atoms with E-state index in [0.717, 1.165) is 24.5 Å². The van der Waals surface area contributed by atoms with Crippen LogP contribution in [0.4, 0.5) is 11.4 Å². The molecule has 112 valence electrons. The van der Waals surface area contributed by atoms with Gasteiger partial charge in [0, 0.05) is 25.8 Å². The highest BCUT2D eigenvalue weighted by Gasteiger charge is 2.35. The maximum atomic E-state index is 11.8. The van der Waals surface area contributed by atoms with Gasteiger partial charge in [-0.2, -0.15) is 0 Å². The normalized spacial score (nSPS) is 22.2. The van der Waals surface area contributed by atoms with Crippen molar-refractivity contribution in [1.29, 1.82) is 0 Å². The summed E-state index contributed by atoms with van der Waals surface area (Å²) in [5.41, 5.74) is 2.68. The van der Waals surface area contributed by atoms with Crippen LogP contribution in [0.1, 0.15) is 37.6 Å². The van der Waals surface area contributed by atoms with Crippen LogP contribution >= 0.6 is 0 Å². The van der Waals surface area contributed by atoms with E-state index in [9.17, 15) is 9.59 Å². The molecule has 4 nitrogen and oxygen atoms in total. The van der Waals surface area contributed by atoms with E-state index in [4.69, 9.17) is 0 Å². The van der Waals surface area contributed by atoms with Gasteiger partial charge in [-0.05, 0) is 36.0 Å². The summed E-state index contributed by atoms with van der Waals surface area (Å²) in [5.74, 6) is -0.157. The molecular formula is C17H22N2O2. The summed E-state index contributed by atoms with van der Waals surface area (Å²) >= 11 is 0. The van der Waals surface area contributed by atoms with Gasteiger partial charge in [0.1, 0.15) is 0 Å². The maximum absolute atomic E-state index is 11.8. The van der Waals surface area contributed by atoms with E-state index >= 15 is 0 Å². The Balaban J connectivity index is 1.87. The van der Waals surface area contributed by atoms with Crippen molar-refractivity contribution in [3.63, 3.8) is 0 Å². The van der Waals surface area contributed by atoms with Gasteiger partial charge in [-0.1, -0.05) is 20.8 Å². The van der Waals surface area contributed by atoms with E-state index in [1.807, 2.05) is 12.1 Å². The molecule has 1 fully saturated rings. The van der Waals surface area contributed by atoms with Crippen LogP contribution in [0.15, 0.2) is 18.2 Å². The molecule has 2 aliphatic heterocycles. The van der Waals surface area contributed by atoms with Gasteiger partial charge < -0.3 is 9.80 Å². The highest BCUT2D eigenvalue weighted by atomic mass is 16.2. The number of anilines is 2. The standard InChI is InChI=1S/C17H22N2O2/c1-17(2,3)11-7-8-19(10-11)12-5-6-13-14(9-12)18(4)16(21)15(13)20/h5-6,9,11H,7-8,10H2,1-4H3. The van der Waals surface area contributed by atoms with Crippen LogP contribution in [0.2, 0.25) is 0 Å². The number of benzene rings is 1. The molecule has 3 rings (SSSR count). The van der Waals surface area contributed by atoms with Gasteiger partial charge in [-0.25, -0.2) is 0 Å². The van der Waals surface area contributed by atoms with E-state index in [1.165, 1.54) is 11.3 Å². The van der Waals surface area contributed by atoms with Crippen molar-refractivity contribution in [3.8, 4) is 0 Å². The van der Waals surface area contributed by atoms with Crippen LogP contribution in [-0.4, -0.2) is 31.8 Å². The number of rotatable bonds is 1. The number of fused-ring (bicyclic) bond motifs is 1. The zero-order valence-corrected chi connectivity index (χ0v) is 13.1. The Morgan fingerprint density at radius 2 is 1.90 bits per heavy atom. The lowest BCUT2D eigenvalue weighted by Crippen LogP contribution is -2.26. The summed E-state index contributed by atoms with van der Waals surface area (Å²) < 4.78 is 0. The molecule has 0 aromatic heterocycles. The molecule has 2 aliphatic rings. The second-order valence-electron chi connectivity index (χ2n) is 7.19. The number of ketones is 1. The first-order valence-electron chi connectivity index (χ1n) is 7.50. The number of likely N-dealkylation sites (N-methyl/N-ethyl adjacent to an activating group) is 1. The number of hydrogen-bond donors (Lipinski definition) is 0. The van der Waals surface area contributed by atoms with Crippen LogP contribution in [0.25, 0.3) is 0 Å². The fourth-order valence-electron chi connectivity index (χ4n) is 3.26. The van der Waals surface area contributed by atoms with Crippen LogP contribution < -0.4 is 9.80 Å². The first-order valence-corrected chi connectivity index (χ1v) is 7.50. The first-order chi connectivity index (χ1) is 9.79. The fourth-order valence-corrected chi connectivity index (χ4v) is 3.26. The summed E-state index contributed by atoms with van der Waals surface area (Å²) in [4.78, 5) is 27.4. The van der Waals surface area contributed by atoms with Crippen molar-refractivity contribution in [2.45, 2.75) is 27.2 Å². The smallest absolute Gasteiger partial charge is 0.299 e. The third-order valence-corrected chi connectivity index (χ3v) is 4.86. The summed E-state index contributed by atoms with van der Waals surface area (Å²) in [6, 6.07) is 5.73. The zero-order chi connectivity index (χ0) is 15.4. The largest absolute Gasteiger partial charge is 0.371 e. The maximum Gasteiger partial charge on any atom is 0.299 e. The molecule has 0 aliphatic carbocycles. The minimum atomic E-state index is -0.434. The number of carbonyl (C=O) groups excluding carboxylic acids is 2. The molecular weight excluding hydrogens is 264 g/mol. The van der Waals surface area contributed by atoms with Crippen molar-refractivity contribution < 1.29 is 9.59 Å². The van der Waals surface area contributed by atoms with Crippen molar-refractivity contribution >= 4 is 23.1 Å². The van der Waals surface area contributed by atoms with Gasteiger partial charge in [0.25, 0.3) is 11.7 Å². The average molecular weight is 286 g/mol. The second kappa shape index (κ2) is 4.58. The van der Waals surface area contributed by atoms with Crippen molar-refractivity contribution in [3.05, 3.63) is 23.8 Å². The van der Waals surface area contributed by atoms with Gasteiger partial charge in [-0.3, -0.25) is 9.59 Å². The number of hydrogen-bond acceptors (Lipinski definition) is 3.